The van der Waals surface area contributed by atoms with E-state index in [2.05, 4.69) is 6.58 Å². The van der Waals surface area contributed by atoms with Crippen LogP contribution in [0.3, 0.4) is 0 Å². The molecular weight excluding hydrogens is 94.9 g/mol. The van der Waals surface area contributed by atoms with Gasteiger partial charge in [-0.15, -0.1) is 0 Å². The second kappa shape index (κ2) is 2.21. The summed E-state index contributed by atoms with van der Waals surface area (Å²) in [6.07, 6.45) is 5.48. The predicted octanol–water partition coefficient (Wildman–Crippen LogP) is 1.78. The van der Waals surface area contributed by atoms with Crippen molar-refractivity contribution in [3.05, 3.63) is 23.7 Å². The third-order valence-corrected chi connectivity index (χ3v) is 1.46. The van der Waals surface area contributed by atoms with Gasteiger partial charge in [0, 0.05) is 0 Å². The molecule has 0 nitrogen and oxygen atoms in total. The largest absolute Gasteiger partial charge is 0.113 e. The van der Waals surface area contributed by atoms with Gasteiger partial charge in [0.2, 0.25) is 0 Å². The molecule has 2 radical (unpaired) electrons. The SMILES string of the molecule is [B]C1=CCCCC1=C. The first-order valence-electron chi connectivity index (χ1n) is 2.94. The van der Waals surface area contributed by atoms with Gasteiger partial charge in [-0.2, -0.15) is 0 Å². The van der Waals surface area contributed by atoms with Gasteiger partial charge in [0.05, 0.1) is 0 Å². The van der Waals surface area contributed by atoms with Crippen LogP contribution in [-0.4, -0.2) is 7.85 Å². The maximum atomic E-state index is 5.54. The molecule has 0 heterocycles. The molecule has 0 atom stereocenters. The van der Waals surface area contributed by atoms with E-state index in [1.165, 1.54) is 6.42 Å². The van der Waals surface area contributed by atoms with Crippen LogP contribution in [0.5, 0.6) is 0 Å². The average Bonchev–Trinajstić information content (AvgIpc) is 1.77. The van der Waals surface area contributed by atoms with Crippen molar-refractivity contribution < 1.29 is 0 Å². The van der Waals surface area contributed by atoms with E-state index < -0.39 is 0 Å². The number of hydrogen-bond acceptors (Lipinski definition) is 0. The standard InChI is InChI=1S/C7H9B/c1-6-4-2-3-5-7(6)8/h5H,1-4H2. The summed E-state index contributed by atoms with van der Waals surface area (Å²) in [5.41, 5.74) is 2.01. The van der Waals surface area contributed by atoms with E-state index in [1.54, 1.807) is 0 Å². The third-order valence-electron chi connectivity index (χ3n) is 1.46. The fraction of sp³-hybridized carbons (Fsp3) is 0.429. The first-order chi connectivity index (χ1) is 3.80. The van der Waals surface area contributed by atoms with E-state index >= 15 is 0 Å². The number of allylic oxidation sites excluding steroid dienone is 3. The van der Waals surface area contributed by atoms with E-state index in [9.17, 15) is 0 Å². The third kappa shape index (κ3) is 1.03. The fourth-order valence-electron chi connectivity index (χ4n) is 0.862. The highest BCUT2D eigenvalue weighted by atomic mass is 14.0. The molecule has 0 aliphatic heterocycles. The molecule has 0 unspecified atom stereocenters. The Kier molecular flexibility index (Phi) is 1.57. The minimum Gasteiger partial charge on any atom is -0.0980 e. The monoisotopic (exact) mass is 104 g/mol. The second-order valence-electron chi connectivity index (χ2n) is 2.16. The quantitative estimate of drug-likeness (QED) is 0.411. The smallest absolute Gasteiger partial charge is 0.0980 e. The summed E-state index contributed by atoms with van der Waals surface area (Å²) in [4.78, 5) is 0. The van der Waals surface area contributed by atoms with Gasteiger partial charge in [0.1, 0.15) is 7.85 Å². The predicted molar refractivity (Wildman–Crippen MR) is 36.8 cm³/mol. The highest BCUT2D eigenvalue weighted by molar-refractivity contribution is 6.24. The topological polar surface area (TPSA) is 0 Å². The van der Waals surface area contributed by atoms with Gasteiger partial charge < -0.3 is 0 Å². The summed E-state index contributed by atoms with van der Waals surface area (Å²) >= 11 is 0. The van der Waals surface area contributed by atoms with Gasteiger partial charge in [-0.1, -0.05) is 23.7 Å². The van der Waals surface area contributed by atoms with Crippen molar-refractivity contribution in [1.29, 1.82) is 0 Å². The van der Waals surface area contributed by atoms with Crippen LogP contribution in [0.15, 0.2) is 23.7 Å². The summed E-state index contributed by atoms with van der Waals surface area (Å²) in [5.74, 6) is 0. The Hall–Kier alpha value is -0.455. The van der Waals surface area contributed by atoms with Crippen LogP contribution in [0.4, 0.5) is 0 Å². The van der Waals surface area contributed by atoms with Crippen LogP contribution in [0, 0.1) is 0 Å². The molecular formula is C7H9B. The Labute approximate surface area is 51.7 Å². The van der Waals surface area contributed by atoms with E-state index in [4.69, 9.17) is 7.85 Å². The summed E-state index contributed by atoms with van der Waals surface area (Å²) in [7, 11) is 5.54. The van der Waals surface area contributed by atoms with Crippen LogP contribution < -0.4 is 0 Å². The lowest BCUT2D eigenvalue weighted by Gasteiger charge is -2.10. The first kappa shape index (κ1) is 5.68. The molecule has 1 heteroatoms. The van der Waals surface area contributed by atoms with Crippen LogP contribution in [0.25, 0.3) is 0 Å². The van der Waals surface area contributed by atoms with Crippen molar-refractivity contribution in [2.24, 2.45) is 0 Å². The molecule has 0 amide bonds. The van der Waals surface area contributed by atoms with Crippen LogP contribution >= 0.6 is 0 Å². The van der Waals surface area contributed by atoms with E-state index in [0.717, 1.165) is 23.9 Å². The lowest BCUT2D eigenvalue weighted by Crippen LogP contribution is -1.93. The van der Waals surface area contributed by atoms with E-state index in [-0.39, 0.29) is 0 Å². The normalized spacial score (nSPS) is 20.5. The van der Waals surface area contributed by atoms with Gasteiger partial charge in [0.25, 0.3) is 0 Å². The molecule has 1 aliphatic rings. The Morgan fingerprint density at radius 3 is 2.75 bits per heavy atom. The molecule has 0 saturated heterocycles. The molecule has 0 fully saturated rings. The minimum atomic E-state index is 0.899. The summed E-state index contributed by atoms with van der Waals surface area (Å²) in [6.45, 7) is 3.80. The Morgan fingerprint density at radius 2 is 2.38 bits per heavy atom. The van der Waals surface area contributed by atoms with Crippen LogP contribution in [0.2, 0.25) is 0 Å². The summed E-state index contributed by atoms with van der Waals surface area (Å²) < 4.78 is 0. The zero-order chi connectivity index (χ0) is 5.98. The zero-order valence-electron chi connectivity index (χ0n) is 4.98. The molecule has 0 saturated carbocycles. The number of hydrogen-bond donors (Lipinski definition) is 0. The molecule has 1 aliphatic carbocycles. The van der Waals surface area contributed by atoms with Crippen molar-refractivity contribution in [3.8, 4) is 0 Å². The van der Waals surface area contributed by atoms with E-state index in [1.807, 2.05) is 6.08 Å². The zero-order valence-corrected chi connectivity index (χ0v) is 4.98. The summed E-state index contributed by atoms with van der Waals surface area (Å²) in [6, 6.07) is 0. The van der Waals surface area contributed by atoms with Gasteiger partial charge in [0.15, 0.2) is 0 Å². The highest BCUT2D eigenvalue weighted by Crippen LogP contribution is 2.18. The van der Waals surface area contributed by atoms with Crippen molar-refractivity contribution in [1.82, 2.24) is 0 Å². The molecule has 0 bridgehead atoms. The molecule has 0 aromatic heterocycles. The Morgan fingerprint density at radius 1 is 1.62 bits per heavy atom. The molecule has 0 spiro atoms. The van der Waals surface area contributed by atoms with Crippen molar-refractivity contribution >= 4 is 7.85 Å². The second-order valence-corrected chi connectivity index (χ2v) is 2.16. The van der Waals surface area contributed by atoms with Gasteiger partial charge in [-0.25, -0.2) is 0 Å². The van der Waals surface area contributed by atoms with Crippen molar-refractivity contribution in [2.45, 2.75) is 19.3 Å². The Balaban J connectivity index is 2.67. The lowest BCUT2D eigenvalue weighted by atomic mass is 9.82. The van der Waals surface area contributed by atoms with Gasteiger partial charge >= 0.3 is 0 Å². The molecule has 8 heavy (non-hydrogen) atoms. The first-order valence-corrected chi connectivity index (χ1v) is 2.94. The average molecular weight is 104 g/mol. The maximum Gasteiger partial charge on any atom is 0.113 e. The molecule has 0 aromatic carbocycles. The number of rotatable bonds is 0. The molecule has 1 rings (SSSR count). The molecule has 40 valence electrons. The van der Waals surface area contributed by atoms with Crippen LogP contribution in [0.1, 0.15) is 19.3 Å². The van der Waals surface area contributed by atoms with E-state index in [0.29, 0.717) is 0 Å². The highest BCUT2D eigenvalue weighted by Gasteiger charge is 2.00. The van der Waals surface area contributed by atoms with Crippen LogP contribution in [-0.2, 0) is 0 Å². The van der Waals surface area contributed by atoms with Gasteiger partial charge in [-0.05, 0) is 19.3 Å². The summed E-state index contributed by atoms with van der Waals surface area (Å²) in [5, 5.41) is 0. The minimum absolute atomic E-state index is 0.899. The van der Waals surface area contributed by atoms with Crippen molar-refractivity contribution in [3.63, 3.8) is 0 Å². The molecule has 0 N–H and O–H groups in total. The maximum absolute atomic E-state index is 5.54. The van der Waals surface area contributed by atoms with Gasteiger partial charge in [-0.3, -0.25) is 0 Å². The Bertz CT molecular complexity index is 133. The lowest BCUT2D eigenvalue weighted by molar-refractivity contribution is 0.818. The fourth-order valence-corrected chi connectivity index (χ4v) is 0.862. The molecule has 0 aromatic rings. The van der Waals surface area contributed by atoms with Crippen molar-refractivity contribution in [2.75, 3.05) is 0 Å².